The number of aliphatic hydroxyl groups is 1. The Hall–Kier alpha value is -1.71. The van der Waals surface area contributed by atoms with Gasteiger partial charge in [-0.1, -0.05) is 6.42 Å². The maximum absolute atomic E-state index is 11.8. The lowest BCUT2D eigenvalue weighted by Gasteiger charge is -2.38. The lowest BCUT2D eigenvalue weighted by molar-refractivity contribution is -0.172. The first-order valence-electron chi connectivity index (χ1n) is 6.57. The number of nitrogens with two attached hydrogens (primary N) is 2. The summed E-state index contributed by atoms with van der Waals surface area (Å²) in [7, 11) is 0. The van der Waals surface area contributed by atoms with Gasteiger partial charge in [0.2, 0.25) is 0 Å². The number of ether oxygens (including phenoxy) is 1. The Morgan fingerprint density at radius 2 is 1.86 bits per heavy atom. The molecule has 0 aliphatic heterocycles. The van der Waals surface area contributed by atoms with E-state index in [2.05, 4.69) is 0 Å². The zero-order valence-electron chi connectivity index (χ0n) is 11.4. The minimum absolute atomic E-state index is 0.346. The van der Waals surface area contributed by atoms with Crippen molar-refractivity contribution in [1.29, 1.82) is 0 Å². The molecule has 120 valence electrons. The van der Waals surface area contributed by atoms with Crippen molar-refractivity contribution in [2.45, 2.75) is 50.0 Å². The van der Waals surface area contributed by atoms with Crippen LogP contribution in [-0.2, 0) is 19.1 Å². The van der Waals surface area contributed by atoms with E-state index in [0.29, 0.717) is 12.8 Å². The van der Waals surface area contributed by atoms with E-state index in [1.54, 1.807) is 0 Å². The molecule has 0 aromatic carbocycles. The number of hydrogen-bond donors (Lipinski definition) is 5. The molecule has 1 fully saturated rings. The third kappa shape index (κ3) is 4.38. The molecule has 4 unspecified atom stereocenters. The fourth-order valence-corrected chi connectivity index (χ4v) is 2.26. The number of carboxylic acid groups (broad SMARTS) is 2. The molecule has 0 bridgehead atoms. The lowest BCUT2D eigenvalue weighted by Crippen LogP contribution is -2.60. The van der Waals surface area contributed by atoms with Crippen molar-refractivity contribution in [3.8, 4) is 0 Å². The zero-order chi connectivity index (χ0) is 16.2. The predicted molar refractivity (Wildman–Crippen MR) is 68.8 cm³/mol. The second kappa shape index (κ2) is 6.83. The SMILES string of the molecule is NC1CCCCC1(N)OC(=O)CC(C(=O)O)C(O)C(=O)O. The summed E-state index contributed by atoms with van der Waals surface area (Å²) in [5.41, 5.74) is 10.3. The van der Waals surface area contributed by atoms with Crippen molar-refractivity contribution in [3.05, 3.63) is 0 Å². The molecule has 0 spiro atoms. The van der Waals surface area contributed by atoms with Gasteiger partial charge in [-0.15, -0.1) is 0 Å². The largest absolute Gasteiger partial charge is 0.481 e. The van der Waals surface area contributed by atoms with E-state index in [1.165, 1.54) is 0 Å². The standard InChI is InChI=1S/C12H20N2O7/c13-7-3-1-2-4-12(7,14)21-8(15)5-6(10(17)18)9(16)11(19)20/h6-7,9,16H,1-5,13-14H2,(H,17,18)(H,19,20). The predicted octanol–water partition coefficient (Wildman–Crippen LogP) is -1.38. The van der Waals surface area contributed by atoms with Gasteiger partial charge in [0.05, 0.1) is 12.5 Å². The molecule has 1 rings (SSSR count). The monoisotopic (exact) mass is 304 g/mol. The summed E-state index contributed by atoms with van der Waals surface area (Å²) in [6.45, 7) is 0. The fraction of sp³-hybridized carbons (Fsp3) is 0.750. The molecule has 9 nitrogen and oxygen atoms in total. The van der Waals surface area contributed by atoms with Gasteiger partial charge in [0, 0.05) is 6.42 Å². The van der Waals surface area contributed by atoms with Crippen molar-refractivity contribution in [3.63, 3.8) is 0 Å². The zero-order valence-corrected chi connectivity index (χ0v) is 11.4. The molecular weight excluding hydrogens is 284 g/mol. The third-order valence-corrected chi connectivity index (χ3v) is 3.60. The highest BCUT2D eigenvalue weighted by atomic mass is 16.6. The number of carbonyl (C=O) groups is 3. The molecule has 0 heterocycles. The van der Waals surface area contributed by atoms with Crippen molar-refractivity contribution in [2.75, 3.05) is 0 Å². The summed E-state index contributed by atoms with van der Waals surface area (Å²) in [6, 6.07) is -0.567. The highest BCUT2D eigenvalue weighted by Gasteiger charge is 2.41. The fourth-order valence-electron chi connectivity index (χ4n) is 2.26. The van der Waals surface area contributed by atoms with E-state index >= 15 is 0 Å². The highest BCUT2D eigenvalue weighted by molar-refractivity contribution is 5.85. The van der Waals surface area contributed by atoms with Crippen molar-refractivity contribution < 1.29 is 34.4 Å². The van der Waals surface area contributed by atoms with Gasteiger partial charge in [0.25, 0.3) is 0 Å². The number of aliphatic carboxylic acids is 2. The first-order chi connectivity index (χ1) is 9.67. The number of hydrogen-bond acceptors (Lipinski definition) is 7. The van der Waals surface area contributed by atoms with Crippen LogP contribution >= 0.6 is 0 Å². The molecule has 0 saturated heterocycles. The number of carbonyl (C=O) groups excluding carboxylic acids is 1. The quantitative estimate of drug-likeness (QED) is 0.292. The van der Waals surface area contributed by atoms with Gasteiger partial charge in [-0.2, -0.15) is 0 Å². The van der Waals surface area contributed by atoms with E-state index in [1.807, 2.05) is 0 Å². The molecule has 1 saturated carbocycles. The summed E-state index contributed by atoms with van der Waals surface area (Å²) >= 11 is 0. The Morgan fingerprint density at radius 3 is 2.33 bits per heavy atom. The van der Waals surface area contributed by atoms with E-state index in [9.17, 15) is 19.5 Å². The number of carboxylic acids is 2. The van der Waals surface area contributed by atoms with Crippen LogP contribution in [0.25, 0.3) is 0 Å². The van der Waals surface area contributed by atoms with E-state index in [4.69, 9.17) is 26.4 Å². The maximum atomic E-state index is 11.8. The molecule has 0 amide bonds. The van der Waals surface area contributed by atoms with Gasteiger partial charge in [0.15, 0.2) is 11.8 Å². The van der Waals surface area contributed by atoms with Crippen LogP contribution in [0.5, 0.6) is 0 Å². The Balaban J connectivity index is 2.70. The molecule has 4 atom stereocenters. The summed E-state index contributed by atoms with van der Waals surface area (Å²) in [4.78, 5) is 33.3. The Labute approximate surface area is 120 Å². The van der Waals surface area contributed by atoms with Gasteiger partial charge in [-0.3, -0.25) is 15.3 Å². The van der Waals surface area contributed by atoms with Gasteiger partial charge in [-0.05, 0) is 12.8 Å². The summed E-state index contributed by atoms with van der Waals surface area (Å²) < 4.78 is 5.05. The van der Waals surface area contributed by atoms with Crippen LogP contribution in [0.4, 0.5) is 0 Å². The van der Waals surface area contributed by atoms with Crippen LogP contribution in [0.15, 0.2) is 0 Å². The molecule has 7 N–H and O–H groups in total. The third-order valence-electron chi connectivity index (χ3n) is 3.60. The van der Waals surface area contributed by atoms with E-state index < -0.39 is 48.1 Å². The Kier molecular flexibility index (Phi) is 5.64. The van der Waals surface area contributed by atoms with Crippen LogP contribution in [0.2, 0.25) is 0 Å². The maximum Gasteiger partial charge on any atom is 0.333 e. The minimum atomic E-state index is -2.20. The van der Waals surface area contributed by atoms with Crippen LogP contribution in [-0.4, -0.2) is 51.1 Å². The first kappa shape index (κ1) is 17.3. The van der Waals surface area contributed by atoms with Crippen LogP contribution < -0.4 is 11.5 Å². The van der Waals surface area contributed by atoms with Crippen molar-refractivity contribution in [2.24, 2.45) is 17.4 Å². The average Bonchev–Trinajstić information content (AvgIpc) is 2.38. The lowest BCUT2D eigenvalue weighted by atomic mass is 9.88. The molecule has 1 aliphatic rings. The van der Waals surface area contributed by atoms with Crippen LogP contribution in [0.3, 0.4) is 0 Å². The van der Waals surface area contributed by atoms with Crippen LogP contribution in [0, 0.1) is 5.92 Å². The first-order valence-corrected chi connectivity index (χ1v) is 6.57. The molecule has 0 aromatic rings. The van der Waals surface area contributed by atoms with E-state index in [-0.39, 0.29) is 0 Å². The molecule has 0 aromatic heterocycles. The summed E-state index contributed by atoms with van der Waals surface area (Å²) in [6.07, 6.45) is -0.508. The second-order valence-electron chi connectivity index (χ2n) is 5.21. The van der Waals surface area contributed by atoms with Crippen molar-refractivity contribution >= 4 is 17.9 Å². The summed E-state index contributed by atoms with van der Waals surface area (Å²) in [5.74, 6) is -6.14. The molecular formula is C12H20N2O7. The second-order valence-corrected chi connectivity index (χ2v) is 5.21. The molecule has 1 aliphatic carbocycles. The van der Waals surface area contributed by atoms with Crippen LogP contribution in [0.1, 0.15) is 32.1 Å². The highest BCUT2D eigenvalue weighted by Crippen LogP contribution is 2.27. The number of esters is 1. The smallest absolute Gasteiger partial charge is 0.333 e. The van der Waals surface area contributed by atoms with E-state index in [0.717, 1.165) is 12.8 Å². The van der Waals surface area contributed by atoms with Gasteiger partial charge in [0.1, 0.15) is 5.92 Å². The number of rotatable bonds is 6. The topological polar surface area (TPSA) is 173 Å². The van der Waals surface area contributed by atoms with Gasteiger partial charge < -0.3 is 25.8 Å². The number of aliphatic hydroxyl groups excluding tert-OH is 1. The average molecular weight is 304 g/mol. The molecule has 0 radical (unpaired) electrons. The Morgan fingerprint density at radius 1 is 1.24 bits per heavy atom. The minimum Gasteiger partial charge on any atom is -0.481 e. The Bertz CT molecular complexity index is 428. The summed E-state index contributed by atoms with van der Waals surface area (Å²) in [5, 5.41) is 26.8. The van der Waals surface area contributed by atoms with Gasteiger partial charge in [-0.25, -0.2) is 4.79 Å². The normalized spacial score (nSPS) is 28.4. The van der Waals surface area contributed by atoms with Crippen molar-refractivity contribution in [1.82, 2.24) is 0 Å². The molecule has 21 heavy (non-hydrogen) atoms. The molecule has 9 heteroatoms. The van der Waals surface area contributed by atoms with Gasteiger partial charge >= 0.3 is 17.9 Å².